The maximum atomic E-state index is 13.1. The summed E-state index contributed by atoms with van der Waals surface area (Å²) in [5.74, 6) is 0.500. The van der Waals surface area contributed by atoms with Crippen molar-refractivity contribution in [3.8, 4) is 0 Å². The van der Waals surface area contributed by atoms with Crippen molar-refractivity contribution in [3.63, 3.8) is 0 Å². The van der Waals surface area contributed by atoms with Gasteiger partial charge in [-0.3, -0.25) is 9.52 Å². The molecule has 0 aliphatic carbocycles. The predicted octanol–water partition coefficient (Wildman–Crippen LogP) is 4.66. The highest BCUT2D eigenvalue weighted by Gasteiger charge is 2.27. The van der Waals surface area contributed by atoms with E-state index in [1.54, 1.807) is 31.2 Å². The zero-order valence-electron chi connectivity index (χ0n) is 18.2. The van der Waals surface area contributed by atoms with Gasteiger partial charge in [-0.2, -0.15) is 0 Å². The second kappa shape index (κ2) is 9.42. The molecule has 0 unspecified atom stereocenters. The Hall–Kier alpha value is -2.71. The number of nitrogens with zero attached hydrogens (tertiary/aromatic N) is 2. The van der Waals surface area contributed by atoms with Crippen molar-refractivity contribution in [1.29, 1.82) is 0 Å². The molecule has 0 radical (unpaired) electrons. The van der Waals surface area contributed by atoms with Gasteiger partial charge >= 0.3 is 0 Å². The Balaban J connectivity index is 1.39. The number of nitrogens with one attached hydrogen (secondary N) is 1. The van der Waals surface area contributed by atoms with Crippen LogP contribution in [0.2, 0.25) is 0 Å². The van der Waals surface area contributed by atoms with E-state index in [4.69, 9.17) is 0 Å². The summed E-state index contributed by atoms with van der Waals surface area (Å²) in [5, 5.41) is 0.213. The average molecular weight is 470 g/mol. The molecule has 32 heavy (non-hydrogen) atoms. The van der Waals surface area contributed by atoms with Crippen LogP contribution in [0.1, 0.15) is 39.3 Å². The number of thiazole rings is 1. The lowest BCUT2D eigenvalue weighted by Gasteiger charge is -2.32. The lowest BCUT2D eigenvalue weighted by molar-refractivity contribution is 0.0694. The Kier molecular flexibility index (Phi) is 6.62. The molecule has 2 aromatic carbocycles. The summed E-state index contributed by atoms with van der Waals surface area (Å²) in [5.41, 5.74) is 2.86. The molecule has 1 saturated heterocycles. The van der Waals surface area contributed by atoms with Gasteiger partial charge in [0.2, 0.25) is 0 Å². The van der Waals surface area contributed by atoms with E-state index < -0.39 is 10.0 Å². The molecule has 168 valence electrons. The summed E-state index contributed by atoms with van der Waals surface area (Å²) < 4.78 is 27.8. The maximum Gasteiger partial charge on any atom is 0.265 e. The Morgan fingerprint density at radius 2 is 1.72 bits per heavy atom. The number of sulfonamides is 1. The molecule has 2 heterocycles. The first-order chi connectivity index (χ1) is 15.3. The summed E-state index contributed by atoms with van der Waals surface area (Å²) >= 11 is 1.10. The number of piperidine rings is 1. The molecule has 8 heteroatoms. The Morgan fingerprint density at radius 1 is 1.06 bits per heavy atom. The largest absolute Gasteiger partial charge is 0.338 e. The Bertz CT molecular complexity index is 1180. The van der Waals surface area contributed by atoms with E-state index in [1.165, 1.54) is 5.56 Å². The SMILES string of the molecule is Cc1ccc(S(=O)(=O)Nc2nc(C)c(C(=O)N3CCC(Cc4ccccc4)CC3)s2)cc1. The van der Waals surface area contributed by atoms with Crippen LogP contribution in [0, 0.1) is 19.8 Å². The molecule has 0 bridgehead atoms. The van der Waals surface area contributed by atoms with Gasteiger partial charge in [-0.25, -0.2) is 13.4 Å². The molecule has 1 aliphatic heterocycles. The summed E-state index contributed by atoms with van der Waals surface area (Å²) in [4.78, 5) is 19.9. The van der Waals surface area contributed by atoms with Crippen LogP contribution >= 0.6 is 11.3 Å². The molecule has 0 saturated carbocycles. The van der Waals surface area contributed by atoms with Crippen LogP contribution in [0.25, 0.3) is 0 Å². The van der Waals surface area contributed by atoms with Crippen molar-refractivity contribution in [3.05, 3.63) is 76.3 Å². The maximum absolute atomic E-state index is 13.1. The van der Waals surface area contributed by atoms with Gasteiger partial charge in [0.25, 0.3) is 15.9 Å². The van der Waals surface area contributed by atoms with Gasteiger partial charge in [0.05, 0.1) is 10.6 Å². The molecule has 1 amide bonds. The Morgan fingerprint density at radius 3 is 2.38 bits per heavy atom. The van der Waals surface area contributed by atoms with E-state index in [0.717, 1.165) is 36.2 Å². The van der Waals surface area contributed by atoms with Gasteiger partial charge in [0.1, 0.15) is 4.88 Å². The van der Waals surface area contributed by atoms with Crippen LogP contribution in [0.5, 0.6) is 0 Å². The third-order valence-corrected chi connectivity index (χ3v) is 8.36. The number of anilines is 1. The standard InChI is InChI=1S/C24H27N3O3S2/c1-17-8-10-21(11-9-17)32(29,30)26-24-25-18(2)22(31-24)23(28)27-14-12-20(13-15-27)16-19-6-4-3-5-7-19/h3-11,20H,12-16H2,1-2H3,(H,25,26). The minimum Gasteiger partial charge on any atom is -0.338 e. The lowest BCUT2D eigenvalue weighted by atomic mass is 9.90. The normalized spacial score (nSPS) is 15.0. The molecular weight excluding hydrogens is 442 g/mol. The smallest absolute Gasteiger partial charge is 0.265 e. The van der Waals surface area contributed by atoms with E-state index in [2.05, 4.69) is 34.0 Å². The van der Waals surface area contributed by atoms with Gasteiger partial charge < -0.3 is 4.90 Å². The van der Waals surface area contributed by atoms with Crippen molar-refractivity contribution in [2.24, 2.45) is 5.92 Å². The number of carbonyl (C=O) groups excluding carboxylic acids is 1. The second-order valence-corrected chi connectivity index (χ2v) is 11.0. The third kappa shape index (κ3) is 5.19. The van der Waals surface area contributed by atoms with Crippen molar-refractivity contribution in [2.45, 2.75) is 38.0 Å². The molecule has 1 N–H and O–H groups in total. The van der Waals surface area contributed by atoms with Gasteiger partial charge in [-0.15, -0.1) is 0 Å². The van der Waals surface area contributed by atoms with E-state index in [9.17, 15) is 13.2 Å². The molecule has 3 aromatic rings. The fourth-order valence-electron chi connectivity index (χ4n) is 3.96. The second-order valence-electron chi connectivity index (χ2n) is 8.28. The van der Waals surface area contributed by atoms with E-state index in [-0.39, 0.29) is 15.9 Å². The highest BCUT2D eigenvalue weighted by atomic mass is 32.2. The number of amides is 1. The van der Waals surface area contributed by atoms with Crippen molar-refractivity contribution in [1.82, 2.24) is 9.88 Å². The highest BCUT2D eigenvalue weighted by molar-refractivity contribution is 7.93. The lowest BCUT2D eigenvalue weighted by Crippen LogP contribution is -2.38. The van der Waals surface area contributed by atoms with Crippen molar-refractivity contribution < 1.29 is 13.2 Å². The number of likely N-dealkylation sites (tertiary alicyclic amines) is 1. The summed E-state index contributed by atoms with van der Waals surface area (Å²) in [6.07, 6.45) is 2.96. The van der Waals surface area contributed by atoms with E-state index in [0.29, 0.717) is 29.6 Å². The van der Waals surface area contributed by atoms with Crippen LogP contribution in [0.4, 0.5) is 5.13 Å². The van der Waals surface area contributed by atoms with Gasteiger partial charge in [0, 0.05) is 13.1 Å². The number of carbonyl (C=O) groups is 1. The first-order valence-corrected chi connectivity index (χ1v) is 13.0. The van der Waals surface area contributed by atoms with E-state index in [1.807, 2.05) is 17.9 Å². The van der Waals surface area contributed by atoms with Crippen LogP contribution in [0.3, 0.4) is 0 Å². The number of hydrogen-bond acceptors (Lipinski definition) is 5. The molecular formula is C24H27N3O3S2. The third-order valence-electron chi connectivity index (χ3n) is 5.81. The molecule has 1 aliphatic rings. The fraction of sp³-hybridized carbons (Fsp3) is 0.333. The number of benzene rings is 2. The number of rotatable bonds is 6. The number of aryl methyl sites for hydroxylation is 2. The van der Waals surface area contributed by atoms with E-state index >= 15 is 0 Å². The molecule has 1 aromatic heterocycles. The highest BCUT2D eigenvalue weighted by Crippen LogP contribution is 2.29. The first kappa shape index (κ1) is 22.5. The predicted molar refractivity (Wildman–Crippen MR) is 128 cm³/mol. The minimum absolute atomic E-state index is 0.0704. The summed E-state index contributed by atoms with van der Waals surface area (Å²) in [6, 6.07) is 17.1. The minimum atomic E-state index is -3.75. The fourth-order valence-corrected chi connectivity index (χ4v) is 6.13. The molecule has 0 atom stereocenters. The molecule has 6 nitrogen and oxygen atoms in total. The number of hydrogen-bond donors (Lipinski definition) is 1. The van der Waals surface area contributed by atoms with Crippen molar-refractivity contribution >= 4 is 32.4 Å². The summed E-state index contributed by atoms with van der Waals surface area (Å²) in [7, 11) is -3.75. The van der Waals surface area contributed by atoms with Crippen LogP contribution in [-0.2, 0) is 16.4 Å². The molecule has 0 spiro atoms. The topological polar surface area (TPSA) is 79.4 Å². The zero-order valence-corrected chi connectivity index (χ0v) is 19.9. The molecule has 1 fully saturated rings. The van der Waals surface area contributed by atoms with Gasteiger partial charge in [0.15, 0.2) is 5.13 Å². The number of aromatic nitrogens is 1. The van der Waals surface area contributed by atoms with Crippen LogP contribution < -0.4 is 4.72 Å². The monoisotopic (exact) mass is 469 g/mol. The quantitative estimate of drug-likeness (QED) is 0.570. The van der Waals surface area contributed by atoms with Gasteiger partial charge in [-0.1, -0.05) is 59.4 Å². The van der Waals surface area contributed by atoms with Crippen LogP contribution in [0.15, 0.2) is 59.5 Å². The van der Waals surface area contributed by atoms with Gasteiger partial charge in [-0.05, 0) is 56.7 Å². The zero-order chi connectivity index (χ0) is 22.7. The Labute approximate surface area is 193 Å². The molecule has 4 rings (SSSR count). The summed E-state index contributed by atoms with van der Waals surface area (Å²) in [6.45, 7) is 5.06. The van der Waals surface area contributed by atoms with Crippen LogP contribution in [-0.4, -0.2) is 37.3 Å². The average Bonchev–Trinajstić information content (AvgIpc) is 3.14. The first-order valence-electron chi connectivity index (χ1n) is 10.7. The van der Waals surface area contributed by atoms with Crippen molar-refractivity contribution in [2.75, 3.05) is 17.8 Å².